The zero-order chi connectivity index (χ0) is 12.3. The van der Waals surface area contributed by atoms with E-state index in [1.165, 1.54) is 37.7 Å². The van der Waals surface area contributed by atoms with Crippen LogP contribution in [0.15, 0.2) is 18.2 Å². The second kappa shape index (κ2) is 5.85. The Morgan fingerprint density at radius 1 is 1.29 bits per heavy atom. The highest BCUT2D eigenvalue weighted by Gasteiger charge is 2.24. The van der Waals surface area contributed by atoms with Crippen LogP contribution in [0, 0.1) is 12.8 Å². The van der Waals surface area contributed by atoms with Gasteiger partial charge in [-0.1, -0.05) is 43.0 Å². The second-order valence-electron chi connectivity index (χ2n) is 5.05. The van der Waals surface area contributed by atoms with E-state index >= 15 is 0 Å². The maximum Gasteiger partial charge on any atom is 0.0488 e. The second-order valence-corrected chi connectivity index (χ2v) is 5.46. The van der Waals surface area contributed by atoms with Crippen LogP contribution in [0.1, 0.15) is 49.3 Å². The van der Waals surface area contributed by atoms with E-state index in [-0.39, 0.29) is 6.04 Å². The molecule has 2 rings (SSSR count). The third kappa shape index (κ3) is 3.01. The van der Waals surface area contributed by atoms with Crippen molar-refractivity contribution in [2.24, 2.45) is 11.8 Å². The van der Waals surface area contributed by atoms with Crippen LogP contribution in [0.2, 0.25) is 5.02 Å². The Morgan fingerprint density at radius 3 is 2.59 bits per heavy atom. The minimum Gasteiger partial charge on any atom is -0.271 e. The molecule has 1 unspecified atom stereocenters. The summed E-state index contributed by atoms with van der Waals surface area (Å²) in [5.74, 6) is 6.40. The first-order valence-electron chi connectivity index (χ1n) is 6.44. The maximum atomic E-state index is 6.06. The van der Waals surface area contributed by atoms with Crippen molar-refractivity contribution in [3.05, 3.63) is 34.3 Å². The molecule has 0 radical (unpaired) electrons. The van der Waals surface area contributed by atoms with Gasteiger partial charge in [0.05, 0.1) is 0 Å². The molecule has 0 saturated heterocycles. The van der Waals surface area contributed by atoms with Crippen molar-refractivity contribution in [2.45, 2.75) is 45.1 Å². The van der Waals surface area contributed by atoms with Gasteiger partial charge < -0.3 is 0 Å². The Morgan fingerprint density at radius 2 is 2.00 bits per heavy atom. The molecule has 0 amide bonds. The van der Waals surface area contributed by atoms with Gasteiger partial charge in [0, 0.05) is 11.1 Å². The fourth-order valence-electron chi connectivity index (χ4n) is 2.83. The van der Waals surface area contributed by atoms with Gasteiger partial charge in [0.25, 0.3) is 0 Å². The van der Waals surface area contributed by atoms with Crippen molar-refractivity contribution >= 4 is 11.6 Å². The normalized spacial score (nSPS) is 19.2. The molecule has 1 saturated carbocycles. The van der Waals surface area contributed by atoms with Crippen molar-refractivity contribution < 1.29 is 0 Å². The van der Waals surface area contributed by atoms with Crippen LogP contribution in [-0.2, 0) is 0 Å². The van der Waals surface area contributed by atoms with E-state index in [4.69, 9.17) is 17.4 Å². The Hall–Kier alpha value is -0.570. The van der Waals surface area contributed by atoms with E-state index in [1.807, 2.05) is 13.0 Å². The summed E-state index contributed by atoms with van der Waals surface area (Å²) in [4.78, 5) is 0. The molecule has 17 heavy (non-hydrogen) atoms. The van der Waals surface area contributed by atoms with E-state index in [0.29, 0.717) is 5.92 Å². The topological polar surface area (TPSA) is 38.0 Å². The van der Waals surface area contributed by atoms with E-state index in [2.05, 4.69) is 17.6 Å². The Bertz CT molecular complexity index is 372. The molecule has 1 aromatic carbocycles. The lowest BCUT2D eigenvalue weighted by molar-refractivity contribution is 0.273. The lowest BCUT2D eigenvalue weighted by atomic mass is 9.81. The van der Waals surface area contributed by atoms with E-state index in [0.717, 1.165) is 10.6 Å². The molecule has 0 heterocycles. The van der Waals surface area contributed by atoms with Crippen LogP contribution in [0.3, 0.4) is 0 Å². The number of halogens is 1. The molecule has 1 aromatic rings. The van der Waals surface area contributed by atoms with Gasteiger partial charge in [-0.15, -0.1) is 0 Å². The number of nitrogens with two attached hydrogens (primary N) is 1. The van der Waals surface area contributed by atoms with E-state index < -0.39 is 0 Å². The molecular weight excluding hydrogens is 232 g/mol. The molecule has 1 aliphatic carbocycles. The van der Waals surface area contributed by atoms with Crippen LogP contribution in [0.5, 0.6) is 0 Å². The van der Waals surface area contributed by atoms with Gasteiger partial charge >= 0.3 is 0 Å². The van der Waals surface area contributed by atoms with Gasteiger partial charge in [0.2, 0.25) is 0 Å². The average Bonchev–Trinajstić information content (AvgIpc) is 2.36. The number of benzene rings is 1. The minimum atomic E-state index is 0.270. The van der Waals surface area contributed by atoms with Crippen molar-refractivity contribution in [1.82, 2.24) is 5.43 Å². The molecule has 0 aromatic heterocycles. The quantitative estimate of drug-likeness (QED) is 0.635. The minimum absolute atomic E-state index is 0.270. The molecule has 3 N–H and O–H groups in total. The number of aryl methyl sites for hydroxylation is 1. The zero-order valence-corrected chi connectivity index (χ0v) is 11.1. The summed E-state index contributed by atoms with van der Waals surface area (Å²) in [5.41, 5.74) is 5.38. The highest BCUT2D eigenvalue weighted by atomic mass is 35.5. The summed E-state index contributed by atoms with van der Waals surface area (Å²) < 4.78 is 0. The van der Waals surface area contributed by atoms with Crippen molar-refractivity contribution in [2.75, 3.05) is 0 Å². The lowest BCUT2D eigenvalue weighted by Crippen LogP contribution is -2.34. The Labute approximate surface area is 109 Å². The first-order chi connectivity index (χ1) is 8.22. The van der Waals surface area contributed by atoms with E-state index in [1.54, 1.807) is 0 Å². The number of hydrazine groups is 1. The number of hydrogen-bond acceptors (Lipinski definition) is 2. The molecule has 1 aliphatic rings. The van der Waals surface area contributed by atoms with Gasteiger partial charge in [-0.05, 0) is 42.9 Å². The smallest absolute Gasteiger partial charge is 0.0488 e. The van der Waals surface area contributed by atoms with Gasteiger partial charge in [-0.25, -0.2) is 0 Å². The van der Waals surface area contributed by atoms with Gasteiger partial charge in [-0.3, -0.25) is 11.3 Å². The first kappa shape index (κ1) is 12.9. The van der Waals surface area contributed by atoms with Crippen molar-refractivity contribution in [1.29, 1.82) is 0 Å². The van der Waals surface area contributed by atoms with E-state index in [9.17, 15) is 0 Å². The Kier molecular flexibility index (Phi) is 4.43. The summed E-state index contributed by atoms with van der Waals surface area (Å²) in [6.07, 6.45) is 6.57. The predicted octanol–water partition coefficient (Wildman–Crippen LogP) is 3.73. The monoisotopic (exact) mass is 252 g/mol. The number of rotatable bonds is 3. The van der Waals surface area contributed by atoms with Crippen LogP contribution in [0.25, 0.3) is 0 Å². The number of nitrogens with one attached hydrogen (secondary N) is 1. The highest BCUT2D eigenvalue weighted by molar-refractivity contribution is 6.31. The van der Waals surface area contributed by atoms with Gasteiger partial charge in [0.1, 0.15) is 0 Å². The molecule has 3 heteroatoms. The van der Waals surface area contributed by atoms with Crippen LogP contribution >= 0.6 is 11.6 Å². The fraction of sp³-hybridized carbons (Fsp3) is 0.571. The molecule has 1 fully saturated rings. The Balaban J connectivity index is 2.18. The third-order valence-corrected chi connectivity index (χ3v) is 4.27. The van der Waals surface area contributed by atoms with Crippen molar-refractivity contribution in [3.63, 3.8) is 0 Å². The summed E-state index contributed by atoms with van der Waals surface area (Å²) in [6, 6.07) is 6.49. The summed E-state index contributed by atoms with van der Waals surface area (Å²) in [7, 11) is 0. The molecule has 0 aliphatic heterocycles. The molecule has 0 bridgehead atoms. The molecule has 94 valence electrons. The van der Waals surface area contributed by atoms with Crippen LogP contribution in [-0.4, -0.2) is 0 Å². The maximum absolute atomic E-state index is 6.06. The SMILES string of the molecule is Cc1cc(C(NN)C2CCCCC2)ccc1Cl. The largest absolute Gasteiger partial charge is 0.271 e. The molecular formula is C14H21ClN2. The fourth-order valence-corrected chi connectivity index (χ4v) is 2.95. The predicted molar refractivity (Wildman–Crippen MR) is 72.8 cm³/mol. The number of hydrogen-bond donors (Lipinski definition) is 2. The summed E-state index contributed by atoms with van der Waals surface area (Å²) >= 11 is 6.06. The summed E-state index contributed by atoms with van der Waals surface area (Å²) in [5, 5.41) is 0.827. The molecule has 2 nitrogen and oxygen atoms in total. The first-order valence-corrected chi connectivity index (χ1v) is 6.82. The summed E-state index contributed by atoms with van der Waals surface area (Å²) in [6.45, 7) is 2.04. The average molecular weight is 253 g/mol. The zero-order valence-electron chi connectivity index (χ0n) is 10.4. The van der Waals surface area contributed by atoms with Crippen LogP contribution < -0.4 is 11.3 Å². The highest BCUT2D eigenvalue weighted by Crippen LogP contribution is 2.34. The van der Waals surface area contributed by atoms with Crippen LogP contribution in [0.4, 0.5) is 0 Å². The van der Waals surface area contributed by atoms with Crippen molar-refractivity contribution in [3.8, 4) is 0 Å². The van der Waals surface area contributed by atoms with Gasteiger partial charge in [-0.2, -0.15) is 0 Å². The lowest BCUT2D eigenvalue weighted by Gasteiger charge is -2.30. The standard InChI is InChI=1S/C14H21ClN2/c1-10-9-12(7-8-13(10)15)14(17-16)11-5-3-2-4-6-11/h7-9,11,14,17H,2-6,16H2,1H3. The third-order valence-electron chi connectivity index (χ3n) is 3.84. The van der Waals surface area contributed by atoms with Gasteiger partial charge in [0.15, 0.2) is 0 Å². The molecule has 1 atom stereocenters. The molecule has 0 spiro atoms.